The summed E-state index contributed by atoms with van der Waals surface area (Å²) in [7, 11) is 0. The van der Waals surface area contributed by atoms with Gasteiger partial charge in [0.15, 0.2) is 0 Å². The minimum absolute atomic E-state index is 0. The summed E-state index contributed by atoms with van der Waals surface area (Å²) >= 11 is 9.28. The molecule has 0 unspecified atom stereocenters. The first-order valence-electron chi connectivity index (χ1n) is 3.96. The van der Waals surface area contributed by atoms with Gasteiger partial charge in [-0.15, -0.1) is 12.4 Å². The third-order valence-corrected chi connectivity index (χ3v) is 2.62. The SMILES string of the molecule is Cl.N[C@H](CCO)c1ccc(Br)cc1Cl. The van der Waals surface area contributed by atoms with Crippen LogP contribution in [0.15, 0.2) is 22.7 Å². The Labute approximate surface area is 103 Å². The van der Waals surface area contributed by atoms with Gasteiger partial charge in [0.2, 0.25) is 0 Å². The quantitative estimate of drug-likeness (QED) is 0.901. The molecule has 0 saturated heterocycles. The molecule has 0 fully saturated rings. The van der Waals surface area contributed by atoms with E-state index >= 15 is 0 Å². The molecular weight excluding hydrogens is 289 g/mol. The van der Waals surface area contributed by atoms with Crippen LogP contribution < -0.4 is 5.73 Å². The van der Waals surface area contributed by atoms with Crippen LogP contribution in [-0.2, 0) is 0 Å². The molecule has 0 radical (unpaired) electrons. The lowest BCUT2D eigenvalue weighted by molar-refractivity contribution is 0.276. The Kier molecular flexibility index (Phi) is 6.74. The van der Waals surface area contributed by atoms with Gasteiger partial charge in [-0.2, -0.15) is 0 Å². The minimum Gasteiger partial charge on any atom is -0.396 e. The summed E-state index contributed by atoms with van der Waals surface area (Å²) in [6.07, 6.45) is 0.529. The second-order valence-corrected chi connectivity index (χ2v) is 4.11. The van der Waals surface area contributed by atoms with Gasteiger partial charge in [0, 0.05) is 22.1 Å². The van der Waals surface area contributed by atoms with Crippen molar-refractivity contribution in [3.63, 3.8) is 0 Å². The van der Waals surface area contributed by atoms with Crippen molar-refractivity contribution < 1.29 is 5.11 Å². The number of rotatable bonds is 3. The molecular formula is C9H12BrCl2NO. The number of aliphatic hydroxyl groups excluding tert-OH is 1. The Morgan fingerprint density at radius 2 is 2.14 bits per heavy atom. The molecule has 0 aliphatic heterocycles. The molecule has 0 aliphatic carbocycles. The summed E-state index contributed by atoms with van der Waals surface area (Å²) in [5.74, 6) is 0. The van der Waals surface area contributed by atoms with E-state index in [4.69, 9.17) is 22.4 Å². The van der Waals surface area contributed by atoms with E-state index in [9.17, 15) is 0 Å². The van der Waals surface area contributed by atoms with Crippen LogP contribution in [-0.4, -0.2) is 11.7 Å². The highest BCUT2D eigenvalue weighted by Gasteiger charge is 2.09. The van der Waals surface area contributed by atoms with Crippen molar-refractivity contribution in [3.8, 4) is 0 Å². The number of hydrogen-bond acceptors (Lipinski definition) is 2. The van der Waals surface area contributed by atoms with Crippen molar-refractivity contribution in [2.24, 2.45) is 5.73 Å². The first-order valence-corrected chi connectivity index (χ1v) is 5.13. The number of aliphatic hydroxyl groups is 1. The molecule has 0 saturated carbocycles. The Morgan fingerprint density at radius 3 is 2.64 bits per heavy atom. The molecule has 1 aromatic rings. The van der Waals surface area contributed by atoms with E-state index < -0.39 is 0 Å². The van der Waals surface area contributed by atoms with Gasteiger partial charge in [-0.05, 0) is 24.1 Å². The van der Waals surface area contributed by atoms with Crippen molar-refractivity contribution in [2.45, 2.75) is 12.5 Å². The first-order chi connectivity index (χ1) is 6.15. The van der Waals surface area contributed by atoms with E-state index in [-0.39, 0.29) is 25.1 Å². The maximum atomic E-state index is 8.71. The Morgan fingerprint density at radius 1 is 1.50 bits per heavy atom. The second-order valence-electron chi connectivity index (χ2n) is 2.78. The van der Waals surface area contributed by atoms with Crippen LogP contribution >= 0.6 is 39.9 Å². The van der Waals surface area contributed by atoms with Crippen molar-refractivity contribution in [3.05, 3.63) is 33.3 Å². The number of nitrogens with two attached hydrogens (primary N) is 1. The average molecular weight is 301 g/mol. The van der Waals surface area contributed by atoms with E-state index in [1.165, 1.54) is 0 Å². The lowest BCUT2D eigenvalue weighted by Crippen LogP contribution is -2.12. The van der Waals surface area contributed by atoms with Crippen molar-refractivity contribution >= 4 is 39.9 Å². The van der Waals surface area contributed by atoms with Gasteiger partial charge in [0.05, 0.1) is 0 Å². The maximum Gasteiger partial charge on any atom is 0.0464 e. The van der Waals surface area contributed by atoms with Crippen LogP contribution in [0.1, 0.15) is 18.0 Å². The van der Waals surface area contributed by atoms with Gasteiger partial charge in [-0.3, -0.25) is 0 Å². The number of benzene rings is 1. The van der Waals surface area contributed by atoms with Crippen molar-refractivity contribution in [1.29, 1.82) is 0 Å². The summed E-state index contributed by atoms with van der Waals surface area (Å²) in [6, 6.07) is 5.37. The zero-order valence-electron chi connectivity index (χ0n) is 7.41. The zero-order valence-corrected chi connectivity index (χ0v) is 10.6. The Hall–Kier alpha value is 0.200. The van der Waals surface area contributed by atoms with Crippen LogP contribution in [0.3, 0.4) is 0 Å². The molecule has 0 aliphatic rings. The van der Waals surface area contributed by atoms with Crippen LogP contribution in [0.25, 0.3) is 0 Å². The second kappa shape index (κ2) is 6.64. The fraction of sp³-hybridized carbons (Fsp3) is 0.333. The van der Waals surface area contributed by atoms with E-state index in [2.05, 4.69) is 15.9 Å². The van der Waals surface area contributed by atoms with Gasteiger partial charge in [0.1, 0.15) is 0 Å². The van der Waals surface area contributed by atoms with Gasteiger partial charge < -0.3 is 10.8 Å². The highest BCUT2D eigenvalue weighted by atomic mass is 79.9. The molecule has 0 aromatic heterocycles. The lowest BCUT2D eigenvalue weighted by Gasteiger charge is -2.12. The van der Waals surface area contributed by atoms with Crippen LogP contribution in [0, 0.1) is 0 Å². The largest absolute Gasteiger partial charge is 0.396 e. The lowest BCUT2D eigenvalue weighted by atomic mass is 10.1. The summed E-state index contributed by atoms with van der Waals surface area (Å²) in [4.78, 5) is 0. The third-order valence-electron chi connectivity index (χ3n) is 1.80. The van der Waals surface area contributed by atoms with Gasteiger partial charge >= 0.3 is 0 Å². The number of halogens is 3. The predicted octanol–water partition coefficient (Wildman–Crippen LogP) is 2.91. The van der Waals surface area contributed by atoms with Crippen molar-refractivity contribution in [1.82, 2.24) is 0 Å². The van der Waals surface area contributed by atoms with Crippen LogP contribution in [0.2, 0.25) is 5.02 Å². The van der Waals surface area contributed by atoms with Gasteiger partial charge in [0.25, 0.3) is 0 Å². The summed E-state index contributed by atoms with van der Waals surface area (Å²) in [6.45, 7) is 0.0769. The minimum atomic E-state index is -0.189. The van der Waals surface area contributed by atoms with E-state index in [1.54, 1.807) is 6.07 Å². The topological polar surface area (TPSA) is 46.2 Å². The molecule has 0 bridgehead atoms. The molecule has 0 amide bonds. The molecule has 0 heterocycles. The van der Waals surface area contributed by atoms with Crippen LogP contribution in [0.4, 0.5) is 0 Å². The molecule has 3 N–H and O–H groups in total. The van der Waals surface area contributed by atoms with Gasteiger partial charge in [-0.1, -0.05) is 33.6 Å². The fourth-order valence-electron chi connectivity index (χ4n) is 1.10. The molecule has 80 valence electrons. The maximum absolute atomic E-state index is 8.71. The van der Waals surface area contributed by atoms with Crippen molar-refractivity contribution in [2.75, 3.05) is 6.61 Å². The standard InChI is InChI=1S/C9H11BrClNO.ClH/c10-6-1-2-7(8(11)5-6)9(12)3-4-13;/h1-2,5,9,13H,3-4,12H2;1H/t9-;/m1./s1. The highest BCUT2D eigenvalue weighted by molar-refractivity contribution is 9.10. The monoisotopic (exact) mass is 299 g/mol. The first kappa shape index (κ1) is 14.2. The molecule has 5 heteroatoms. The predicted molar refractivity (Wildman–Crippen MR) is 65.0 cm³/mol. The zero-order chi connectivity index (χ0) is 9.84. The summed E-state index contributed by atoms with van der Waals surface area (Å²) in [5.41, 5.74) is 6.67. The fourth-order valence-corrected chi connectivity index (χ4v) is 1.91. The van der Waals surface area contributed by atoms with E-state index in [1.807, 2.05) is 12.1 Å². The normalized spacial score (nSPS) is 12.0. The smallest absolute Gasteiger partial charge is 0.0464 e. The Bertz CT molecular complexity index is 296. The van der Waals surface area contributed by atoms with Crippen LogP contribution in [0.5, 0.6) is 0 Å². The molecule has 1 rings (SSSR count). The Balaban J connectivity index is 0.00000169. The summed E-state index contributed by atoms with van der Waals surface area (Å²) in [5, 5.41) is 9.35. The third kappa shape index (κ3) is 3.75. The van der Waals surface area contributed by atoms with E-state index in [0.717, 1.165) is 10.0 Å². The highest BCUT2D eigenvalue weighted by Crippen LogP contribution is 2.26. The van der Waals surface area contributed by atoms with Gasteiger partial charge in [-0.25, -0.2) is 0 Å². The average Bonchev–Trinajstić information content (AvgIpc) is 2.04. The molecule has 2 nitrogen and oxygen atoms in total. The van der Waals surface area contributed by atoms with E-state index in [0.29, 0.717) is 11.4 Å². The molecule has 1 atom stereocenters. The molecule has 1 aromatic carbocycles. The number of hydrogen-bond donors (Lipinski definition) is 2. The summed E-state index contributed by atoms with van der Waals surface area (Å²) < 4.78 is 0.928. The molecule has 0 spiro atoms. The molecule has 14 heavy (non-hydrogen) atoms.